The minimum absolute atomic E-state index is 0.141. The second-order valence-corrected chi connectivity index (χ2v) is 3.22. The number of rotatable bonds is 3. The quantitative estimate of drug-likeness (QED) is 0.774. The van der Waals surface area contributed by atoms with E-state index in [1.54, 1.807) is 6.07 Å². The molecule has 0 saturated heterocycles. The van der Waals surface area contributed by atoms with Crippen molar-refractivity contribution in [2.45, 2.75) is 6.92 Å². The summed E-state index contributed by atoms with van der Waals surface area (Å²) in [7, 11) is 0. The molecule has 0 aromatic heterocycles. The maximum absolute atomic E-state index is 10.5. The summed E-state index contributed by atoms with van der Waals surface area (Å²) in [5, 5.41) is 3.59. The molecule has 0 bridgehead atoms. The van der Waals surface area contributed by atoms with E-state index in [1.165, 1.54) is 0 Å². The van der Waals surface area contributed by atoms with E-state index in [9.17, 15) is 4.79 Å². The Morgan fingerprint density at radius 1 is 1.62 bits per heavy atom. The molecule has 13 heavy (non-hydrogen) atoms. The lowest BCUT2D eigenvalue weighted by molar-refractivity contribution is -0.116. The van der Waals surface area contributed by atoms with Gasteiger partial charge in [0.1, 0.15) is 0 Å². The number of benzene rings is 1. The lowest BCUT2D eigenvalue weighted by Crippen LogP contribution is -2.22. The molecule has 4 heteroatoms. The van der Waals surface area contributed by atoms with E-state index in [0.29, 0.717) is 5.02 Å². The van der Waals surface area contributed by atoms with E-state index >= 15 is 0 Å². The lowest BCUT2D eigenvalue weighted by Gasteiger charge is -2.07. The molecule has 1 amide bonds. The van der Waals surface area contributed by atoms with Gasteiger partial charge in [-0.25, -0.2) is 0 Å². The number of halogens is 1. The largest absolute Gasteiger partial charge is 0.376 e. The lowest BCUT2D eigenvalue weighted by atomic mass is 10.2. The monoisotopic (exact) mass is 198 g/mol. The summed E-state index contributed by atoms with van der Waals surface area (Å²) in [4.78, 5) is 10.5. The fraction of sp³-hybridized carbons (Fsp3) is 0.222. The first-order chi connectivity index (χ1) is 6.09. The highest BCUT2D eigenvalue weighted by atomic mass is 35.5. The van der Waals surface area contributed by atoms with Crippen molar-refractivity contribution < 1.29 is 4.79 Å². The maximum atomic E-state index is 10.5. The number of hydrogen-bond acceptors (Lipinski definition) is 2. The van der Waals surface area contributed by atoms with Crippen LogP contribution in [-0.2, 0) is 4.79 Å². The zero-order valence-corrected chi connectivity index (χ0v) is 8.06. The van der Waals surface area contributed by atoms with Crippen molar-refractivity contribution in [2.75, 3.05) is 11.9 Å². The fourth-order valence-electron chi connectivity index (χ4n) is 1.01. The van der Waals surface area contributed by atoms with E-state index in [1.807, 2.05) is 19.1 Å². The molecule has 0 fully saturated rings. The average molecular weight is 199 g/mol. The van der Waals surface area contributed by atoms with Gasteiger partial charge in [-0.15, -0.1) is 0 Å². The second-order valence-electron chi connectivity index (χ2n) is 2.78. The second kappa shape index (κ2) is 4.14. The highest BCUT2D eigenvalue weighted by Crippen LogP contribution is 2.18. The van der Waals surface area contributed by atoms with Gasteiger partial charge in [-0.05, 0) is 30.7 Å². The Balaban J connectivity index is 2.72. The zero-order valence-electron chi connectivity index (χ0n) is 7.30. The number of carbonyl (C=O) groups excluding carboxylic acids is 1. The third-order valence-corrected chi connectivity index (χ3v) is 1.88. The Labute approximate surface area is 81.9 Å². The molecule has 70 valence electrons. The average Bonchev–Trinajstić information content (AvgIpc) is 2.02. The van der Waals surface area contributed by atoms with E-state index in [2.05, 4.69) is 5.32 Å². The molecule has 0 aliphatic heterocycles. The SMILES string of the molecule is Cc1cc(Cl)ccc1NCC(N)=O. The molecule has 0 unspecified atom stereocenters. The predicted molar refractivity (Wildman–Crippen MR) is 53.9 cm³/mol. The van der Waals surface area contributed by atoms with E-state index in [-0.39, 0.29) is 12.5 Å². The van der Waals surface area contributed by atoms with Crippen molar-refractivity contribution >= 4 is 23.2 Å². The van der Waals surface area contributed by atoms with Gasteiger partial charge in [-0.3, -0.25) is 4.79 Å². The van der Waals surface area contributed by atoms with Gasteiger partial charge in [0.05, 0.1) is 6.54 Å². The highest BCUT2D eigenvalue weighted by Gasteiger charge is 1.99. The van der Waals surface area contributed by atoms with Crippen LogP contribution in [0.5, 0.6) is 0 Å². The van der Waals surface area contributed by atoms with Gasteiger partial charge in [0, 0.05) is 10.7 Å². The summed E-state index contributed by atoms with van der Waals surface area (Å²) in [5.41, 5.74) is 6.86. The van der Waals surface area contributed by atoms with Gasteiger partial charge in [0.15, 0.2) is 0 Å². The molecule has 3 nitrogen and oxygen atoms in total. The number of hydrogen-bond donors (Lipinski definition) is 2. The van der Waals surface area contributed by atoms with Crippen LogP contribution < -0.4 is 11.1 Å². The molecular weight excluding hydrogens is 188 g/mol. The first-order valence-electron chi connectivity index (χ1n) is 3.88. The van der Waals surface area contributed by atoms with Crippen LogP contribution in [0.2, 0.25) is 5.02 Å². The molecule has 3 N–H and O–H groups in total. The summed E-state index contributed by atoms with van der Waals surface area (Å²) in [6, 6.07) is 5.41. The first-order valence-corrected chi connectivity index (χ1v) is 4.25. The van der Waals surface area contributed by atoms with Gasteiger partial charge in [0.2, 0.25) is 5.91 Å². The number of aryl methyl sites for hydroxylation is 1. The van der Waals surface area contributed by atoms with Crippen molar-refractivity contribution in [3.8, 4) is 0 Å². The standard InChI is InChI=1S/C9H11ClN2O/c1-6-4-7(10)2-3-8(6)12-5-9(11)13/h2-4,12H,5H2,1H3,(H2,11,13). The van der Waals surface area contributed by atoms with Crippen LogP contribution in [0.3, 0.4) is 0 Å². The Hall–Kier alpha value is -1.22. The van der Waals surface area contributed by atoms with Gasteiger partial charge in [-0.2, -0.15) is 0 Å². The van der Waals surface area contributed by atoms with E-state index < -0.39 is 0 Å². The van der Waals surface area contributed by atoms with E-state index in [0.717, 1.165) is 11.3 Å². The van der Waals surface area contributed by atoms with Gasteiger partial charge < -0.3 is 11.1 Å². The fourth-order valence-corrected chi connectivity index (χ4v) is 1.23. The zero-order chi connectivity index (χ0) is 9.84. The summed E-state index contributed by atoms with van der Waals surface area (Å²) < 4.78 is 0. The topological polar surface area (TPSA) is 55.1 Å². The van der Waals surface area contributed by atoms with Crippen LogP contribution in [0.15, 0.2) is 18.2 Å². The Morgan fingerprint density at radius 2 is 2.31 bits per heavy atom. The van der Waals surface area contributed by atoms with Gasteiger partial charge in [0.25, 0.3) is 0 Å². The highest BCUT2D eigenvalue weighted by molar-refractivity contribution is 6.30. The molecule has 0 atom stereocenters. The van der Waals surface area contributed by atoms with E-state index in [4.69, 9.17) is 17.3 Å². The van der Waals surface area contributed by atoms with Crippen molar-refractivity contribution in [1.29, 1.82) is 0 Å². The molecule has 1 aromatic rings. The molecule has 1 rings (SSSR count). The van der Waals surface area contributed by atoms with Gasteiger partial charge >= 0.3 is 0 Å². The molecule has 0 heterocycles. The smallest absolute Gasteiger partial charge is 0.236 e. The first kappa shape index (κ1) is 9.86. The molecule has 0 saturated carbocycles. The molecule has 0 spiro atoms. The third kappa shape index (κ3) is 2.95. The number of amides is 1. The number of nitrogens with one attached hydrogen (secondary N) is 1. The van der Waals surface area contributed by atoms with Gasteiger partial charge in [-0.1, -0.05) is 11.6 Å². The van der Waals surface area contributed by atoms with Crippen molar-refractivity contribution in [1.82, 2.24) is 0 Å². The van der Waals surface area contributed by atoms with Crippen LogP contribution in [0.1, 0.15) is 5.56 Å². The Morgan fingerprint density at radius 3 is 2.85 bits per heavy atom. The van der Waals surface area contributed by atoms with Crippen molar-refractivity contribution in [2.24, 2.45) is 5.73 Å². The number of nitrogens with two attached hydrogens (primary N) is 1. The minimum Gasteiger partial charge on any atom is -0.376 e. The summed E-state index contributed by atoms with van der Waals surface area (Å²) in [6.45, 7) is 2.05. The Bertz CT molecular complexity index is 325. The minimum atomic E-state index is -0.380. The summed E-state index contributed by atoms with van der Waals surface area (Å²) >= 11 is 5.76. The van der Waals surface area contributed by atoms with Crippen molar-refractivity contribution in [3.63, 3.8) is 0 Å². The van der Waals surface area contributed by atoms with Crippen LogP contribution in [0.4, 0.5) is 5.69 Å². The third-order valence-electron chi connectivity index (χ3n) is 1.64. The maximum Gasteiger partial charge on any atom is 0.236 e. The number of carbonyl (C=O) groups is 1. The summed E-state index contributed by atoms with van der Waals surface area (Å²) in [5.74, 6) is -0.380. The van der Waals surface area contributed by atoms with Crippen LogP contribution in [-0.4, -0.2) is 12.5 Å². The number of primary amides is 1. The molecule has 0 aliphatic carbocycles. The Kier molecular flexibility index (Phi) is 3.14. The molecular formula is C9H11ClN2O. The molecule has 0 aliphatic rings. The predicted octanol–water partition coefficient (Wildman–Crippen LogP) is 1.55. The normalized spacial score (nSPS) is 9.69. The molecule has 1 aromatic carbocycles. The number of anilines is 1. The van der Waals surface area contributed by atoms with Crippen LogP contribution >= 0.6 is 11.6 Å². The van der Waals surface area contributed by atoms with Crippen molar-refractivity contribution in [3.05, 3.63) is 28.8 Å². The summed E-state index contributed by atoms with van der Waals surface area (Å²) in [6.07, 6.45) is 0. The van der Waals surface area contributed by atoms with Crippen LogP contribution in [0, 0.1) is 6.92 Å². The van der Waals surface area contributed by atoms with Crippen LogP contribution in [0.25, 0.3) is 0 Å². The molecule has 0 radical (unpaired) electrons.